The van der Waals surface area contributed by atoms with Crippen LogP contribution in [0.1, 0.15) is 48.2 Å². The second-order valence-electron chi connectivity index (χ2n) is 9.91. The molecule has 0 radical (unpaired) electrons. The average molecular weight is 582 g/mol. The Morgan fingerprint density at radius 1 is 0.786 bits per heavy atom. The maximum absolute atomic E-state index is 14.0. The summed E-state index contributed by atoms with van der Waals surface area (Å²) in [6.07, 6.45) is 1.63. The summed E-state index contributed by atoms with van der Waals surface area (Å²) in [6.45, 7) is 5.93. The lowest BCUT2D eigenvalue weighted by molar-refractivity contribution is -0.115. The van der Waals surface area contributed by atoms with Crippen LogP contribution in [0.25, 0.3) is 6.08 Å². The second kappa shape index (κ2) is 14.3. The van der Waals surface area contributed by atoms with Gasteiger partial charge >= 0.3 is 0 Å². The number of para-hydroxylation sites is 1. The molecule has 1 unspecified atom stereocenters. The Balaban J connectivity index is 1.50. The monoisotopic (exact) mass is 581 g/mol. The van der Waals surface area contributed by atoms with Crippen molar-refractivity contribution < 1.29 is 18.8 Å². The number of amides is 3. The van der Waals surface area contributed by atoms with Crippen LogP contribution in [-0.2, 0) is 9.59 Å². The van der Waals surface area contributed by atoms with E-state index in [2.05, 4.69) is 29.8 Å². The zero-order chi connectivity index (χ0) is 30.1. The van der Waals surface area contributed by atoms with Crippen LogP contribution < -0.4 is 16.0 Å². The lowest BCUT2D eigenvalue weighted by Gasteiger charge is -2.14. The van der Waals surface area contributed by atoms with Gasteiger partial charge in [-0.15, -0.1) is 11.8 Å². The normalized spacial score (nSPS) is 12.0. The number of nitrogens with one attached hydrogen (secondary N) is 3. The molecule has 4 rings (SSSR count). The number of anilines is 2. The Morgan fingerprint density at radius 2 is 1.48 bits per heavy atom. The number of benzene rings is 4. The second-order valence-corrected chi connectivity index (χ2v) is 11.3. The van der Waals surface area contributed by atoms with Crippen LogP contribution in [0.2, 0.25) is 0 Å². The molecule has 0 saturated carbocycles. The van der Waals surface area contributed by atoms with E-state index in [1.807, 2.05) is 36.4 Å². The lowest BCUT2D eigenvalue weighted by Crippen LogP contribution is -2.30. The average Bonchev–Trinajstić information content (AvgIpc) is 2.98. The molecule has 0 spiro atoms. The highest BCUT2D eigenvalue weighted by atomic mass is 32.2. The number of thioether (sulfide) groups is 1. The summed E-state index contributed by atoms with van der Waals surface area (Å²) in [5.41, 5.74) is 3.03. The molecule has 6 nitrogen and oxygen atoms in total. The highest BCUT2D eigenvalue weighted by molar-refractivity contribution is 8.00. The summed E-state index contributed by atoms with van der Waals surface area (Å²) < 4.78 is 14.0. The van der Waals surface area contributed by atoms with E-state index in [0.29, 0.717) is 17.2 Å². The van der Waals surface area contributed by atoms with E-state index >= 15 is 0 Å². The van der Waals surface area contributed by atoms with Crippen LogP contribution in [-0.4, -0.2) is 23.0 Å². The van der Waals surface area contributed by atoms with Gasteiger partial charge in [-0.25, -0.2) is 4.39 Å². The predicted molar refractivity (Wildman–Crippen MR) is 168 cm³/mol. The smallest absolute Gasteiger partial charge is 0.272 e. The van der Waals surface area contributed by atoms with Crippen molar-refractivity contribution in [2.45, 2.75) is 36.8 Å². The zero-order valence-electron chi connectivity index (χ0n) is 23.6. The fourth-order valence-corrected chi connectivity index (χ4v) is 4.91. The summed E-state index contributed by atoms with van der Waals surface area (Å²) in [4.78, 5) is 39.8. The third kappa shape index (κ3) is 8.41. The Kier molecular flexibility index (Phi) is 10.3. The van der Waals surface area contributed by atoms with Crippen molar-refractivity contribution >= 4 is 46.9 Å². The van der Waals surface area contributed by atoms with Crippen LogP contribution >= 0.6 is 11.8 Å². The number of carbonyl (C=O) groups is 3. The first-order chi connectivity index (χ1) is 20.2. The molecule has 214 valence electrons. The quantitative estimate of drug-likeness (QED) is 0.134. The standard InChI is InChI=1S/C34H32FN3O3S/c1-22(2)25-18-16-24(17-19-25)20-31(38-33(40)26-10-5-4-6-11-26)34(41)36-27-12-9-13-28(21-27)42-23(3)32(39)37-30-15-8-7-14-29(30)35/h4-23H,1-3H3,(H,36,41)(H,37,39)(H,38,40)/b31-20+. The van der Waals surface area contributed by atoms with Gasteiger partial charge in [0.15, 0.2) is 0 Å². The molecule has 8 heteroatoms. The molecule has 4 aromatic rings. The predicted octanol–water partition coefficient (Wildman–Crippen LogP) is 7.48. The molecule has 0 bridgehead atoms. The summed E-state index contributed by atoms with van der Waals surface area (Å²) in [5, 5.41) is 7.67. The largest absolute Gasteiger partial charge is 0.323 e. The van der Waals surface area contributed by atoms with Crippen LogP contribution in [0.15, 0.2) is 114 Å². The van der Waals surface area contributed by atoms with E-state index in [9.17, 15) is 18.8 Å². The topological polar surface area (TPSA) is 87.3 Å². The highest BCUT2D eigenvalue weighted by Crippen LogP contribution is 2.27. The summed E-state index contributed by atoms with van der Waals surface area (Å²) in [5.74, 6) is -1.40. The Bertz CT molecular complexity index is 1590. The van der Waals surface area contributed by atoms with Gasteiger partial charge < -0.3 is 16.0 Å². The summed E-state index contributed by atoms with van der Waals surface area (Å²) >= 11 is 1.27. The Hall–Kier alpha value is -4.69. The minimum absolute atomic E-state index is 0.0804. The van der Waals surface area contributed by atoms with Gasteiger partial charge in [-0.05, 0) is 72.5 Å². The molecule has 3 amide bonds. The maximum Gasteiger partial charge on any atom is 0.272 e. The minimum Gasteiger partial charge on any atom is -0.323 e. The Labute approximate surface area is 249 Å². The molecular weight excluding hydrogens is 549 g/mol. The van der Waals surface area contributed by atoms with Crippen LogP contribution in [0, 0.1) is 5.82 Å². The molecule has 0 heterocycles. The third-order valence-electron chi connectivity index (χ3n) is 6.35. The Morgan fingerprint density at radius 3 is 2.17 bits per heavy atom. The van der Waals surface area contributed by atoms with Crippen LogP contribution in [0.5, 0.6) is 0 Å². The fraction of sp³-hybridized carbons (Fsp3) is 0.147. The van der Waals surface area contributed by atoms with Gasteiger partial charge in [0.05, 0.1) is 10.9 Å². The van der Waals surface area contributed by atoms with Crippen molar-refractivity contribution in [3.05, 3.63) is 131 Å². The number of rotatable bonds is 10. The maximum atomic E-state index is 14.0. The van der Waals surface area contributed by atoms with Gasteiger partial charge in [0.25, 0.3) is 11.8 Å². The van der Waals surface area contributed by atoms with Crippen molar-refractivity contribution in [2.24, 2.45) is 0 Å². The van der Waals surface area contributed by atoms with E-state index in [1.165, 1.54) is 23.9 Å². The van der Waals surface area contributed by atoms with Crippen molar-refractivity contribution in [1.29, 1.82) is 0 Å². The summed E-state index contributed by atoms with van der Waals surface area (Å²) in [6, 6.07) is 29.5. The first kappa shape index (κ1) is 30.3. The van der Waals surface area contributed by atoms with E-state index in [0.717, 1.165) is 16.0 Å². The molecule has 42 heavy (non-hydrogen) atoms. The minimum atomic E-state index is -0.537. The van der Waals surface area contributed by atoms with Crippen molar-refractivity contribution in [3.63, 3.8) is 0 Å². The number of hydrogen-bond acceptors (Lipinski definition) is 4. The molecule has 0 aromatic heterocycles. The lowest BCUT2D eigenvalue weighted by atomic mass is 10.0. The molecule has 0 aliphatic carbocycles. The van der Waals surface area contributed by atoms with Gasteiger partial charge in [0.2, 0.25) is 5.91 Å². The van der Waals surface area contributed by atoms with Crippen molar-refractivity contribution in [3.8, 4) is 0 Å². The van der Waals surface area contributed by atoms with Gasteiger partial charge in [-0.2, -0.15) is 0 Å². The first-order valence-corrected chi connectivity index (χ1v) is 14.4. The van der Waals surface area contributed by atoms with Gasteiger partial charge in [0, 0.05) is 16.1 Å². The number of hydrogen-bond donors (Lipinski definition) is 3. The first-order valence-electron chi connectivity index (χ1n) is 13.5. The molecule has 0 aliphatic rings. The van der Waals surface area contributed by atoms with Crippen molar-refractivity contribution in [2.75, 3.05) is 10.6 Å². The molecule has 4 aromatic carbocycles. The van der Waals surface area contributed by atoms with Gasteiger partial charge in [0.1, 0.15) is 11.5 Å². The van der Waals surface area contributed by atoms with Crippen LogP contribution in [0.3, 0.4) is 0 Å². The zero-order valence-corrected chi connectivity index (χ0v) is 24.4. The number of carbonyl (C=O) groups excluding carboxylic acids is 3. The number of halogens is 1. The molecular formula is C34H32FN3O3S. The third-order valence-corrected chi connectivity index (χ3v) is 7.44. The van der Waals surface area contributed by atoms with Crippen molar-refractivity contribution in [1.82, 2.24) is 5.32 Å². The van der Waals surface area contributed by atoms with E-state index in [1.54, 1.807) is 67.6 Å². The molecule has 0 fully saturated rings. The van der Waals surface area contributed by atoms with Crippen LogP contribution in [0.4, 0.5) is 15.8 Å². The van der Waals surface area contributed by atoms with Gasteiger partial charge in [-0.3, -0.25) is 14.4 Å². The molecule has 0 aliphatic heterocycles. The SMILES string of the molecule is CC(Sc1cccc(NC(=O)/C(=C\c2ccc(C(C)C)cc2)NC(=O)c2ccccc2)c1)C(=O)Nc1ccccc1F. The van der Waals surface area contributed by atoms with E-state index in [-0.39, 0.29) is 17.3 Å². The summed E-state index contributed by atoms with van der Waals surface area (Å²) in [7, 11) is 0. The molecule has 0 saturated heterocycles. The highest BCUT2D eigenvalue weighted by Gasteiger charge is 2.18. The fourth-order valence-electron chi connectivity index (χ4n) is 3.99. The van der Waals surface area contributed by atoms with Gasteiger partial charge in [-0.1, -0.05) is 74.5 Å². The molecule has 3 N–H and O–H groups in total. The van der Waals surface area contributed by atoms with E-state index in [4.69, 9.17) is 0 Å². The molecule has 1 atom stereocenters. The van der Waals surface area contributed by atoms with E-state index < -0.39 is 22.9 Å².